The Balaban J connectivity index is 1.97. The van der Waals surface area contributed by atoms with Gasteiger partial charge in [-0.3, -0.25) is 4.79 Å². The van der Waals surface area contributed by atoms with Gasteiger partial charge in [0.2, 0.25) is 5.91 Å². The standard InChI is InChI=1S/C14H10Cl3NOS/c15-10-6-12(17)13(7-11(10)16)18-14(19)8-20-9-4-2-1-3-5-9/h1-7H,8H2,(H,18,19). The van der Waals surface area contributed by atoms with Gasteiger partial charge in [0.25, 0.3) is 0 Å². The first kappa shape index (κ1) is 15.5. The zero-order valence-electron chi connectivity index (χ0n) is 10.2. The van der Waals surface area contributed by atoms with Crippen LogP contribution in [0.25, 0.3) is 0 Å². The highest BCUT2D eigenvalue weighted by molar-refractivity contribution is 8.00. The average molecular weight is 347 g/mol. The van der Waals surface area contributed by atoms with Crippen molar-refractivity contribution in [3.05, 3.63) is 57.5 Å². The molecule has 20 heavy (non-hydrogen) atoms. The minimum Gasteiger partial charge on any atom is -0.324 e. The van der Waals surface area contributed by atoms with Crippen LogP contribution in [0.1, 0.15) is 0 Å². The Hall–Kier alpha value is -0.870. The van der Waals surface area contributed by atoms with Crippen LogP contribution in [0.3, 0.4) is 0 Å². The molecular weight excluding hydrogens is 337 g/mol. The third-order valence-corrected chi connectivity index (χ3v) is 4.44. The second-order valence-electron chi connectivity index (χ2n) is 3.90. The molecule has 6 heteroatoms. The molecular formula is C14H10Cl3NOS. The van der Waals surface area contributed by atoms with E-state index in [9.17, 15) is 4.79 Å². The van der Waals surface area contributed by atoms with E-state index >= 15 is 0 Å². The van der Waals surface area contributed by atoms with Crippen LogP contribution in [0.4, 0.5) is 5.69 Å². The van der Waals surface area contributed by atoms with Gasteiger partial charge in [0.1, 0.15) is 0 Å². The monoisotopic (exact) mass is 345 g/mol. The maximum absolute atomic E-state index is 11.9. The summed E-state index contributed by atoms with van der Waals surface area (Å²) < 4.78 is 0. The molecule has 2 rings (SSSR count). The highest BCUT2D eigenvalue weighted by Crippen LogP contribution is 2.32. The SMILES string of the molecule is O=C(CSc1ccccc1)Nc1cc(Cl)c(Cl)cc1Cl. The van der Waals surface area contributed by atoms with Crippen molar-refractivity contribution < 1.29 is 4.79 Å². The fourth-order valence-corrected chi connectivity index (χ4v) is 2.78. The van der Waals surface area contributed by atoms with E-state index in [0.29, 0.717) is 26.5 Å². The van der Waals surface area contributed by atoms with Crippen molar-refractivity contribution in [3.8, 4) is 0 Å². The summed E-state index contributed by atoms with van der Waals surface area (Å²) in [6, 6.07) is 12.7. The van der Waals surface area contributed by atoms with E-state index in [1.165, 1.54) is 23.9 Å². The van der Waals surface area contributed by atoms with Gasteiger partial charge in [0, 0.05) is 4.90 Å². The van der Waals surface area contributed by atoms with Crippen LogP contribution < -0.4 is 5.32 Å². The smallest absolute Gasteiger partial charge is 0.234 e. The molecule has 0 radical (unpaired) electrons. The van der Waals surface area contributed by atoms with E-state index in [4.69, 9.17) is 34.8 Å². The predicted octanol–water partition coefficient (Wildman–Crippen LogP) is 5.38. The lowest BCUT2D eigenvalue weighted by molar-refractivity contribution is -0.113. The van der Waals surface area contributed by atoms with Crippen LogP contribution >= 0.6 is 46.6 Å². The molecule has 1 N–H and O–H groups in total. The molecule has 104 valence electrons. The molecule has 0 aliphatic carbocycles. The van der Waals surface area contributed by atoms with Crippen molar-refractivity contribution in [2.75, 3.05) is 11.1 Å². The molecule has 2 aromatic carbocycles. The van der Waals surface area contributed by atoms with Crippen molar-refractivity contribution in [2.24, 2.45) is 0 Å². The molecule has 0 heterocycles. The van der Waals surface area contributed by atoms with Gasteiger partial charge in [-0.1, -0.05) is 53.0 Å². The zero-order chi connectivity index (χ0) is 14.5. The number of halogens is 3. The maximum atomic E-state index is 11.9. The number of carbonyl (C=O) groups is 1. The molecule has 0 fully saturated rings. The van der Waals surface area contributed by atoms with Gasteiger partial charge >= 0.3 is 0 Å². The van der Waals surface area contributed by atoms with Crippen molar-refractivity contribution >= 4 is 58.2 Å². The fourth-order valence-electron chi connectivity index (χ4n) is 1.47. The first-order chi connectivity index (χ1) is 9.56. The quantitative estimate of drug-likeness (QED) is 0.595. The summed E-state index contributed by atoms with van der Waals surface area (Å²) in [7, 11) is 0. The molecule has 2 nitrogen and oxygen atoms in total. The Morgan fingerprint density at radius 3 is 2.35 bits per heavy atom. The molecule has 0 aliphatic heterocycles. The maximum Gasteiger partial charge on any atom is 0.234 e. The third-order valence-electron chi connectivity index (χ3n) is 2.40. The van der Waals surface area contributed by atoms with Crippen LogP contribution in [-0.2, 0) is 4.79 Å². The molecule has 1 amide bonds. The third kappa shape index (κ3) is 4.32. The number of thioether (sulfide) groups is 1. The van der Waals surface area contributed by atoms with E-state index in [0.717, 1.165) is 4.90 Å². The highest BCUT2D eigenvalue weighted by Gasteiger charge is 2.09. The summed E-state index contributed by atoms with van der Waals surface area (Å²) in [5.41, 5.74) is 0.458. The van der Waals surface area contributed by atoms with Crippen LogP contribution in [-0.4, -0.2) is 11.7 Å². The molecule has 0 atom stereocenters. The number of benzene rings is 2. The average Bonchev–Trinajstić information content (AvgIpc) is 2.44. The molecule has 0 bridgehead atoms. The van der Waals surface area contributed by atoms with Crippen molar-refractivity contribution in [1.29, 1.82) is 0 Å². The Labute approximate surface area is 136 Å². The van der Waals surface area contributed by atoms with E-state index < -0.39 is 0 Å². The number of hydrogen-bond donors (Lipinski definition) is 1. The molecule has 0 saturated heterocycles. The van der Waals surface area contributed by atoms with Crippen molar-refractivity contribution in [3.63, 3.8) is 0 Å². The zero-order valence-corrected chi connectivity index (χ0v) is 13.3. The molecule has 2 aromatic rings. The first-order valence-electron chi connectivity index (χ1n) is 5.68. The van der Waals surface area contributed by atoms with E-state index in [1.54, 1.807) is 0 Å². The van der Waals surface area contributed by atoms with E-state index in [1.807, 2.05) is 30.3 Å². The minimum absolute atomic E-state index is 0.154. The first-order valence-corrected chi connectivity index (χ1v) is 7.80. The Morgan fingerprint density at radius 2 is 1.65 bits per heavy atom. The number of carbonyl (C=O) groups excluding carboxylic acids is 1. The second-order valence-corrected chi connectivity index (χ2v) is 6.17. The van der Waals surface area contributed by atoms with Gasteiger partial charge < -0.3 is 5.32 Å². The van der Waals surface area contributed by atoms with Crippen LogP contribution in [0.5, 0.6) is 0 Å². The predicted molar refractivity (Wildman–Crippen MR) is 87.3 cm³/mol. The Morgan fingerprint density at radius 1 is 1.00 bits per heavy atom. The highest BCUT2D eigenvalue weighted by atomic mass is 35.5. The van der Waals surface area contributed by atoms with E-state index in [2.05, 4.69) is 5.32 Å². The normalized spacial score (nSPS) is 10.3. The number of nitrogens with one attached hydrogen (secondary N) is 1. The molecule has 0 aromatic heterocycles. The summed E-state index contributed by atoms with van der Waals surface area (Å²) in [6.45, 7) is 0. The summed E-state index contributed by atoms with van der Waals surface area (Å²) in [6.07, 6.45) is 0. The van der Waals surface area contributed by atoms with Gasteiger partial charge in [0.05, 0.1) is 26.5 Å². The molecule has 0 saturated carbocycles. The summed E-state index contributed by atoms with van der Waals surface area (Å²) >= 11 is 19.2. The summed E-state index contributed by atoms with van der Waals surface area (Å²) in [5, 5.41) is 3.78. The van der Waals surface area contributed by atoms with Gasteiger partial charge in [-0.25, -0.2) is 0 Å². The summed E-state index contributed by atoms with van der Waals surface area (Å²) in [5.74, 6) is 0.139. The Bertz CT molecular complexity index is 619. The Kier molecular flexibility index (Phi) is 5.61. The van der Waals surface area contributed by atoms with Crippen LogP contribution in [0, 0.1) is 0 Å². The molecule has 0 spiro atoms. The summed E-state index contributed by atoms with van der Waals surface area (Å²) in [4.78, 5) is 12.9. The largest absolute Gasteiger partial charge is 0.324 e. The van der Waals surface area contributed by atoms with Crippen molar-refractivity contribution in [1.82, 2.24) is 0 Å². The van der Waals surface area contributed by atoms with Gasteiger partial charge in [0.15, 0.2) is 0 Å². The van der Waals surface area contributed by atoms with Crippen LogP contribution in [0.15, 0.2) is 47.4 Å². The minimum atomic E-state index is -0.154. The second kappa shape index (κ2) is 7.23. The molecule has 0 unspecified atom stereocenters. The van der Waals surface area contributed by atoms with Gasteiger partial charge in [-0.15, -0.1) is 11.8 Å². The fraction of sp³-hybridized carbons (Fsp3) is 0.0714. The lowest BCUT2D eigenvalue weighted by atomic mass is 10.3. The number of anilines is 1. The van der Waals surface area contributed by atoms with Gasteiger partial charge in [-0.05, 0) is 24.3 Å². The number of hydrogen-bond acceptors (Lipinski definition) is 2. The lowest BCUT2D eigenvalue weighted by Gasteiger charge is -2.08. The van der Waals surface area contributed by atoms with Crippen molar-refractivity contribution in [2.45, 2.75) is 4.90 Å². The topological polar surface area (TPSA) is 29.1 Å². The van der Waals surface area contributed by atoms with Crippen LogP contribution in [0.2, 0.25) is 15.1 Å². The van der Waals surface area contributed by atoms with E-state index in [-0.39, 0.29) is 5.91 Å². The number of amides is 1. The lowest BCUT2D eigenvalue weighted by Crippen LogP contribution is -2.14. The molecule has 0 aliphatic rings. The number of rotatable bonds is 4. The van der Waals surface area contributed by atoms with Gasteiger partial charge in [-0.2, -0.15) is 0 Å².